The van der Waals surface area contributed by atoms with Crippen LogP contribution in [0.5, 0.6) is 5.75 Å². The third kappa shape index (κ3) is 2.90. The average molecular weight is 352 g/mol. The largest absolute Gasteiger partial charge is 0.497 e. The molecule has 0 amide bonds. The van der Waals surface area contributed by atoms with E-state index < -0.39 is 0 Å². The summed E-state index contributed by atoms with van der Waals surface area (Å²) < 4.78 is 5.34. The number of imidazole rings is 1. The van der Waals surface area contributed by atoms with Crippen molar-refractivity contribution >= 4 is 10.9 Å². The van der Waals surface area contributed by atoms with E-state index in [0.29, 0.717) is 0 Å². The third-order valence-corrected chi connectivity index (χ3v) is 5.20. The maximum absolute atomic E-state index is 12.9. The van der Waals surface area contributed by atoms with Crippen LogP contribution in [0.25, 0.3) is 10.9 Å². The highest BCUT2D eigenvalue weighted by molar-refractivity contribution is 5.80. The van der Waals surface area contributed by atoms with Crippen LogP contribution in [0.1, 0.15) is 42.8 Å². The molecule has 6 nitrogen and oxygen atoms in total. The first-order valence-electron chi connectivity index (χ1n) is 9.18. The van der Waals surface area contributed by atoms with E-state index in [1.807, 2.05) is 24.3 Å². The van der Waals surface area contributed by atoms with Crippen LogP contribution in [0.15, 0.2) is 35.4 Å². The lowest BCUT2D eigenvalue weighted by molar-refractivity contribution is 0.205. The molecule has 4 rings (SSSR count). The van der Waals surface area contributed by atoms with Crippen LogP contribution in [0.2, 0.25) is 0 Å². The zero-order valence-corrected chi connectivity index (χ0v) is 15.2. The Morgan fingerprint density at radius 1 is 1.35 bits per heavy atom. The van der Waals surface area contributed by atoms with E-state index in [0.717, 1.165) is 66.0 Å². The molecule has 136 valence electrons. The maximum atomic E-state index is 12.9. The zero-order valence-electron chi connectivity index (χ0n) is 15.2. The van der Waals surface area contributed by atoms with Crippen molar-refractivity contribution in [1.29, 1.82) is 0 Å². The van der Waals surface area contributed by atoms with E-state index >= 15 is 0 Å². The highest BCUT2D eigenvalue weighted by Gasteiger charge is 2.32. The van der Waals surface area contributed by atoms with Gasteiger partial charge in [0.15, 0.2) is 0 Å². The highest BCUT2D eigenvalue weighted by Crippen LogP contribution is 2.33. The molecular formula is C20H24N4O2. The number of fused-ring (bicyclic) bond motifs is 2. The monoisotopic (exact) mass is 352 g/mol. The number of aromatic nitrogens is 3. The van der Waals surface area contributed by atoms with Gasteiger partial charge < -0.3 is 14.7 Å². The van der Waals surface area contributed by atoms with Crippen LogP contribution in [-0.2, 0) is 6.42 Å². The number of rotatable bonds is 5. The Morgan fingerprint density at radius 3 is 3.04 bits per heavy atom. The van der Waals surface area contributed by atoms with Gasteiger partial charge in [0.25, 0.3) is 5.56 Å². The number of benzene rings is 1. The van der Waals surface area contributed by atoms with Gasteiger partial charge in [-0.05, 0) is 37.2 Å². The summed E-state index contributed by atoms with van der Waals surface area (Å²) in [5, 5.41) is 0.969. The van der Waals surface area contributed by atoms with Gasteiger partial charge in [0.05, 0.1) is 25.2 Å². The molecule has 3 heterocycles. The number of pyridine rings is 1. The summed E-state index contributed by atoms with van der Waals surface area (Å²) in [4.78, 5) is 26.1. The molecule has 0 spiro atoms. The standard InChI is InChI=1S/C20H24N4O2/c1-3-4-8-24-9-7-17-18(22-12-21-17)19(24)15-11-13-10-14(26-2)5-6-16(13)23-20(15)25/h5-6,10-12,19H,3-4,7-9H2,1-2H3,(H,21,22)(H,23,25)/t19-/m1/s1. The fourth-order valence-electron chi connectivity index (χ4n) is 3.80. The first-order chi connectivity index (χ1) is 12.7. The molecule has 2 N–H and O–H groups in total. The van der Waals surface area contributed by atoms with Crippen molar-refractivity contribution in [2.45, 2.75) is 32.2 Å². The maximum Gasteiger partial charge on any atom is 0.253 e. The minimum absolute atomic E-state index is 0.0509. The molecule has 0 unspecified atom stereocenters. The molecule has 0 fully saturated rings. The zero-order chi connectivity index (χ0) is 18.1. The van der Waals surface area contributed by atoms with Gasteiger partial charge >= 0.3 is 0 Å². The molecule has 1 aliphatic rings. The number of hydrogen-bond donors (Lipinski definition) is 2. The van der Waals surface area contributed by atoms with Gasteiger partial charge in [0.1, 0.15) is 5.75 Å². The van der Waals surface area contributed by atoms with Gasteiger partial charge in [-0.25, -0.2) is 4.98 Å². The van der Waals surface area contributed by atoms with Crippen molar-refractivity contribution in [3.8, 4) is 5.75 Å². The second kappa shape index (κ2) is 6.96. The van der Waals surface area contributed by atoms with Crippen molar-refractivity contribution in [1.82, 2.24) is 19.9 Å². The lowest BCUT2D eigenvalue weighted by atomic mass is 9.95. The predicted molar refractivity (Wildman–Crippen MR) is 102 cm³/mol. The molecule has 26 heavy (non-hydrogen) atoms. The fourth-order valence-corrected chi connectivity index (χ4v) is 3.80. The Morgan fingerprint density at radius 2 is 2.23 bits per heavy atom. The van der Waals surface area contributed by atoms with Gasteiger partial charge in [-0.15, -0.1) is 0 Å². The molecule has 6 heteroatoms. The number of hydrogen-bond acceptors (Lipinski definition) is 4. The summed E-state index contributed by atoms with van der Waals surface area (Å²) in [6, 6.07) is 7.58. The Balaban J connectivity index is 1.85. The molecular weight excluding hydrogens is 328 g/mol. The summed E-state index contributed by atoms with van der Waals surface area (Å²) in [6.07, 6.45) is 4.91. The van der Waals surface area contributed by atoms with Crippen molar-refractivity contribution in [3.05, 3.63) is 57.9 Å². The molecule has 1 atom stereocenters. The van der Waals surface area contributed by atoms with Crippen LogP contribution in [0, 0.1) is 0 Å². The minimum Gasteiger partial charge on any atom is -0.497 e. The minimum atomic E-state index is -0.115. The van der Waals surface area contributed by atoms with E-state index in [1.165, 1.54) is 0 Å². The van der Waals surface area contributed by atoms with Gasteiger partial charge in [-0.1, -0.05) is 13.3 Å². The number of aromatic amines is 2. The molecule has 2 aromatic heterocycles. The molecule has 1 aromatic carbocycles. The number of methoxy groups -OCH3 is 1. The van der Waals surface area contributed by atoms with Crippen molar-refractivity contribution in [3.63, 3.8) is 0 Å². The van der Waals surface area contributed by atoms with Crippen LogP contribution in [0.3, 0.4) is 0 Å². The number of nitrogens with one attached hydrogen (secondary N) is 2. The Bertz CT molecular complexity index is 975. The summed E-state index contributed by atoms with van der Waals surface area (Å²) in [6.45, 7) is 4.08. The molecule has 0 bridgehead atoms. The van der Waals surface area contributed by atoms with E-state index in [-0.39, 0.29) is 11.6 Å². The van der Waals surface area contributed by atoms with E-state index in [2.05, 4.69) is 26.8 Å². The lowest BCUT2D eigenvalue weighted by Gasteiger charge is -2.34. The Kier molecular flexibility index (Phi) is 4.51. The topological polar surface area (TPSA) is 74.0 Å². The first-order valence-corrected chi connectivity index (χ1v) is 9.18. The number of H-pyrrole nitrogens is 2. The van der Waals surface area contributed by atoms with E-state index in [9.17, 15) is 4.79 Å². The smallest absolute Gasteiger partial charge is 0.253 e. The van der Waals surface area contributed by atoms with Gasteiger partial charge in [-0.3, -0.25) is 9.69 Å². The quantitative estimate of drug-likeness (QED) is 0.740. The fraction of sp³-hybridized carbons (Fsp3) is 0.400. The normalized spacial score (nSPS) is 17.4. The number of ether oxygens (including phenoxy) is 1. The predicted octanol–water partition coefficient (Wildman–Crippen LogP) is 3.01. The summed E-state index contributed by atoms with van der Waals surface area (Å²) in [7, 11) is 1.65. The van der Waals surface area contributed by atoms with Crippen LogP contribution in [0.4, 0.5) is 0 Å². The van der Waals surface area contributed by atoms with Crippen molar-refractivity contribution in [2.75, 3.05) is 20.2 Å². The molecule has 0 saturated heterocycles. The molecule has 0 aliphatic carbocycles. The number of unbranched alkanes of at least 4 members (excludes halogenated alkanes) is 1. The van der Waals surface area contributed by atoms with Crippen LogP contribution < -0.4 is 10.3 Å². The molecule has 3 aromatic rings. The second-order valence-corrected chi connectivity index (χ2v) is 6.82. The SMILES string of the molecule is CCCCN1CCc2[nH]cnc2[C@H]1c1cc2cc(OC)ccc2[nH]c1=O. The molecule has 0 saturated carbocycles. The highest BCUT2D eigenvalue weighted by atomic mass is 16.5. The second-order valence-electron chi connectivity index (χ2n) is 6.82. The van der Waals surface area contributed by atoms with E-state index in [4.69, 9.17) is 4.74 Å². The lowest BCUT2D eigenvalue weighted by Crippen LogP contribution is -2.39. The average Bonchev–Trinajstić information content (AvgIpc) is 3.14. The third-order valence-electron chi connectivity index (χ3n) is 5.20. The van der Waals surface area contributed by atoms with Crippen LogP contribution in [-0.4, -0.2) is 40.1 Å². The van der Waals surface area contributed by atoms with Crippen molar-refractivity contribution < 1.29 is 4.74 Å². The van der Waals surface area contributed by atoms with Crippen LogP contribution >= 0.6 is 0 Å². The molecule has 0 radical (unpaired) electrons. The van der Waals surface area contributed by atoms with Gasteiger partial charge in [0, 0.05) is 35.1 Å². The molecule has 1 aliphatic heterocycles. The summed E-state index contributed by atoms with van der Waals surface area (Å²) in [5.74, 6) is 0.780. The number of nitrogens with zero attached hydrogens (tertiary/aromatic N) is 2. The van der Waals surface area contributed by atoms with Gasteiger partial charge in [-0.2, -0.15) is 0 Å². The van der Waals surface area contributed by atoms with E-state index in [1.54, 1.807) is 13.4 Å². The van der Waals surface area contributed by atoms with Crippen molar-refractivity contribution in [2.24, 2.45) is 0 Å². The first kappa shape index (κ1) is 16.8. The summed E-state index contributed by atoms with van der Waals surface area (Å²) >= 11 is 0. The van der Waals surface area contributed by atoms with Gasteiger partial charge in [0.2, 0.25) is 0 Å². The Labute approximate surface area is 152 Å². The Hall–Kier alpha value is -2.60. The summed E-state index contributed by atoms with van der Waals surface area (Å²) in [5.41, 5.74) is 3.62.